The maximum atomic E-state index is 10.7. The van der Waals surface area contributed by atoms with Crippen LogP contribution in [0.25, 0.3) is 11.1 Å². The summed E-state index contributed by atoms with van der Waals surface area (Å²) in [4.78, 5) is 4.99. The normalized spacial score (nSPS) is 22.9. The first-order chi connectivity index (χ1) is 17.7. The standard InChI is InChI=1S/C34H37NO2/c1-31(2,21-36)19-33(26-14-8-5-11-23(26)24-12-6-9-15-27(24)33)34(20-32(3,4)22-37)28-16-10-7-13-25(28)30-29(34)17-18-35-30/h5-18,30,36-37H,19-22H2,1-4H3. The Morgan fingerprint density at radius 1 is 0.676 bits per heavy atom. The molecule has 1 aliphatic heterocycles. The van der Waals surface area contributed by atoms with Crippen molar-refractivity contribution in [2.45, 2.75) is 57.4 Å². The van der Waals surface area contributed by atoms with Crippen LogP contribution in [0, 0.1) is 10.8 Å². The molecule has 0 fully saturated rings. The Morgan fingerprint density at radius 3 is 1.73 bits per heavy atom. The summed E-state index contributed by atoms with van der Waals surface area (Å²) in [6, 6.07) is 26.5. The first-order valence-electron chi connectivity index (χ1n) is 13.5. The average Bonchev–Trinajstić information content (AvgIpc) is 3.57. The van der Waals surface area contributed by atoms with Gasteiger partial charge in [-0.25, -0.2) is 0 Å². The molecule has 2 unspecified atom stereocenters. The zero-order chi connectivity index (χ0) is 26.1. The van der Waals surface area contributed by atoms with Crippen molar-refractivity contribution in [2.24, 2.45) is 15.8 Å². The highest BCUT2D eigenvalue weighted by Crippen LogP contribution is 2.71. The number of allylic oxidation sites excluding steroid dienone is 1. The van der Waals surface area contributed by atoms with Crippen LogP contribution in [0.3, 0.4) is 0 Å². The van der Waals surface area contributed by atoms with E-state index in [9.17, 15) is 10.2 Å². The van der Waals surface area contributed by atoms with Gasteiger partial charge in [0.15, 0.2) is 0 Å². The lowest BCUT2D eigenvalue weighted by atomic mass is 9.47. The fourth-order valence-electron chi connectivity index (χ4n) is 7.78. The second kappa shape index (κ2) is 8.24. The van der Waals surface area contributed by atoms with Crippen molar-refractivity contribution in [2.75, 3.05) is 13.2 Å². The lowest BCUT2D eigenvalue weighted by molar-refractivity contribution is 0.0722. The summed E-state index contributed by atoms with van der Waals surface area (Å²) >= 11 is 0. The summed E-state index contributed by atoms with van der Waals surface area (Å²) < 4.78 is 0. The van der Waals surface area contributed by atoms with Crippen molar-refractivity contribution in [3.63, 3.8) is 0 Å². The summed E-state index contributed by atoms with van der Waals surface area (Å²) in [6.45, 7) is 8.91. The van der Waals surface area contributed by atoms with E-state index in [0.29, 0.717) is 0 Å². The molecular formula is C34H37NO2. The van der Waals surface area contributed by atoms with E-state index < -0.39 is 10.8 Å². The number of aliphatic hydroxyl groups excluding tert-OH is 2. The largest absolute Gasteiger partial charge is 0.396 e. The SMILES string of the molecule is CC(C)(CO)CC1(C2(CC(C)(C)CO)c3ccccc3-c3ccccc32)C2=CC=NC2c2ccccc21. The van der Waals surface area contributed by atoms with Crippen LogP contribution in [-0.4, -0.2) is 29.6 Å². The Hall–Kier alpha value is -3.01. The van der Waals surface area contributed by atoms with E-state index in [1.165, 1.54) is 39.0 Å². The van der Waals surface area contributed by atoms with Crippen LogP contribution in [-0.2, 0) is 10.8 Å². The minimum atomic E-state index is -0.455. The Balaban J connectivity index is 1.81. The molecule has 0 saturated heterocycles. The summed E-state index contributed by atoms with van der Waals surface area (Å²) in [5.74, 6) is 0. The number of nitrogens with zero attached hydrogens (tertiary/aromatic N) is 1. The second-order valence-corrected chi connectivity index (χ2v) is 12.8. The predicted molar refractivity (Wildman–Crippen MR) is 151 cm³/mol. The number of aliphatic imine (C=N–C) groups is 1. The molecule has 3 aromatic rings. The summed E-state index contributed by atoms with van der Waals surface area (Å²) in [5.41, 5.74) is 7.48. The Bertz CT molecular complexity index is 1380. The summed E-state index contributed by atoms with van der Waals surface area (Å²) in [7, 11) is 0. The van der Waals surface area contributed by atoms with Gasteiger partial charge in [-0.05, 0) is 68.7 Å². The van der Waals surface area contributed by atoms with Crippen LogP contribution < -0.4 is 0 Å². The van der Waals surface area contributed by atoms with Crippen LogP contribution in [0.1, 0.15) is 68.8 Å². The van der Waals surface area contributed by atoms with Crippen molar-refractivity contribution in [1.29, 1.82) is 0 Å². The number of aliphatic hydroxyl groups is 2. The second-order valence-electron chi connectivity index (χ2n) is 12.8. The van der Waals surface area contributed by atoms with Gasteiger partial charge >= 0.3 is 0 Å². The summed E-state index contributed by atoms with van der Waals surface area (Å²) in [5, 5.41) is 21.3. The van der Waals surface area contributed by atoms with Crippen molar-refractivity contribution >= 4 is 6.21 Å². The molecule has 0 bridgehead atoms. The van der Waals surface area contributed by atoms with Gasteiger partial charge in [0.1, 0.15) is 0 Å². The monoisotopic (exact) mass is 491 g/mol. The highest BCUT2D eigenvalue weighted by molar-refractivity contribution is 5.87. The molecule has 3 heteroatoms. The highest BCUT2D eigenvalue weighted by Gasteiger charge is 2.66. The van der Waals surface area contributed by atoms with Gasteiger partial charge in [0, 0.05) is 30.3 Å². The quantitative estimate of drug-likeness (QED) is 0.383. The topological polar surface area (TPSA) is 52.8 Å². The van der Waals surface area contributed by atoms with Crippen LogP contribution in [0.5, 0.6) is 0 Å². The third-order valence-electron chi connectivity index (χ3n) is 9.13. The van der Waals surface area contributed by atoms with Gasteiger partial charge in [-0.15, -0.1) is 0 Å². The third-order valence-corrected chi connectivity index (χ3v) is 9.13. The van der Waals surface area contributed by atoms with E-state index in [1.54, 1.807) is 0 Å². The maximum Gasteiger partial charge on any atom is 0.0975 e. The first kappa shape index (κ1) is 24.3. The smallest absolute Gasteiger partial charge is 0.0975 e. The lowest BCUT2D eigenvalue weighted by Gasteiger charge is -2.55. The molecule has 2 N–H and O–H groups in total. The molecule has 3 aromatic carbocycles. The molecule has 0 amide bonds. The van der Waals surface area contributed by atoms with Gasteiger partial charge in [-0.3, -0.25) is 4.99 Å². The molecule has 0 aromatic heterocycles. The molecule has 37 heavy (non-hydrogen) atoms. The average molecular weight is 492 g/mol. The van der Waals surface area contributed by atoms with Crippen molar-refractivity contribution in [1.82, 2.24) is 0 Å². The van der Waals surface area contributed by atoms with Crippen LogP contribution in [0.15, 0.2) is 89.4 Å². The highest BCUT2D eigenvalue weighted by atomic mass is 16.3. The molecule has 0 saturated carbocycles. The fourth-order valence-corrected chi connectivity index (χ4v) is 7.78. The maximum absolute atomic E-state index is 10.7. The van der Waals surface area contributed by atoms with Crippen LogP contribution >= 0.6 is 0 Å². The number of rotatable bonds is 7. The first-order valence-corrected chi connectivity index (χ1v) is 13.5. The molecule has 6 rings (SSSR count). The van der Waals surface area contributed by atoms with E-state index >= 15 is 0 Å². The van der Waals surface area contributed by atoms with Gasteiger partial charge in [0.05, 0.1) is 6.04 Å². The van der Waals surface area contributed by atoms with Crippen molar-refractivity contribution in [3.05, 3.63) is 107 Å². The molecule has 190 valence electrons. The summed E-state index contributed by atoms with van der Waals surface area (Å²) in [6.07, 6.45) is 5.76. The van der Waals surface area contributed by atoms with E-state index in [2.05, 4.69) is 107 Å². The van der Waals surface area contributed by atoms with Gasteiger partial charge in [0.25, 0.3) is 0 Å². The number of benzene rings is 3. The van der Waals surface area contributed by atoms with Gasteiger partial charge in [-0.2, -0.15) is 0 Å². The number of hydrogen-bond donors (Lipinski definition) is 2. The Kier molecular flexibility index (Phi) is 5.42. The minimum absolute atomic E-state index is 0.0141. The lowest BCUT2D eigenvalue weighted by Crippen LogP contribution is -2.54. The number of fused-ring (bicyclic) bond motifs is 6. The zero-order valence-electron chi connectivity index (χ0n) is 22.3. The Labute approximate surface area is 220 Å². The predicted octanol–water partition coefficient (Wildman–Crippen LogP) is 6.77. The molecule has 2 atom stereocenters. The van der Waals surface area contributed by atoms with Gasteiger partial charge in [-0.1, -0.05) is 100 Å². The van der Waals surface area contributed by atoms with Gasteiger partial charge in [0.2, 0.25) is 0 Å². The van der Waals surface area contributed by atoms with Crippen molar-refractivity contribution < 1.29 is 10.2 Å². The Morgan fingerprint density at radius 2 is 1.16 bits per heavy atom. The minimum Gasteiger partial charge on any atom is -0.396 e. The molecule has 0 radical (unpaired) electrons. The fraction of sp³-hybridized carbons (Fsp3) is 0.382. The van der Waals surface area contributed by atoms with Crippen LogP contribution in [0.2, 0.25) is 0 Å². The molecular weight excluding hydrogens is 454 g/mol. The molecule has 1 heterocycles. The van der Waals surface area contributed by atoms with Crippen LogP contribution in [0.4, 0.5) is 0 Å². The number of hydrogen-bond acceptors (Lipinski definition) is 3. The third kappa shape index (κ3) is 3.23. The molecule has 2 aliphatic carbocycles. The van der Waals surface area contributed by atoms with E-state index in [4.69, 9.17) is 4.99 Å². The van der Waals surface area contributed by atoms with E-state index in [1.807, 2.05) is 6.21 Å². The van der Waals surface area contributed by atoms with Crippen molar-refractivity contribution in [3.8, 4) is 11.1 Å². The van der Waals surface area contributed by atoms with Gasteiger partial charge < -0.3 is 10.2 Å². The van der Waals surface area contributed by atoms with E-state index in [0.717, 1.165) is 12.8 Å². The molecule has 3 nitrogen and oxygen atoms in total. The molecule has 3 aliphatic rings. The zero-order valence-corrected chi connectivity index (χ0v) is 22.3. The van der Waals surface area contributed by atoms with E-state index in [-0.39, 0.29) is 30.1 Å². The molecule has 0 spiro atoms.